The molecule has 11 nitrogen and oxygen atoms in total. The van der Waals surface area contributed by atoms with E-state index in [0.717, 1.165) is 0 Å². The molecule has 1 aromatic carbocycles. The molecule has 0 spiro atoms. The Morgan fingerprint density at radius 3 is 2.67 bits per heavy atom. The number of benzene rings is 1. The molecule has 1 aromatic heterocycles. The number of nitrogens with zero attached hydrogens (tertiary/aromatic N) is 3. The molecule has 2 aromatic rings. The Hall–Kier alpha value is -2.99. The van der Waals surface area contributed by atoms with Gasteiger partial charge in [-0.1, -0.05) is 0 Å². The highest BCUT2D eigenvalue weighted by Gasteiger charge is 2.37. The third-order valence-electron chi connectivity index (χ3n) is 4.67. The summed E-state index contributed by atoms with van der Waals surface area (Å²) in [6.07, 6.45) is 0.236. The lowest BCUT2D eigenvalue weighted by Gasteiger charge is -2.35. The molecule has 3 N–H and O–H groups in total. The molecule has 0 radical (unpaired) electrons. The lowest BCUT2D eigenvalue weighted by molar-refractivity contribution is 0.0636. The second-order valence-corrected chi connectivity index (χ2v) is 10.2. The molecule has 1 aliphatic heterocycles. The lowest BCUT2D eigenvalue weighted by atomic mass is 10.2. The van der Waals surface area contributed by atoms with E-state index < -0.39 is 27.8 Å². The molecule has 1 atom stereocenters. The number of hydrogen-bond donors (Lipinski definition) is 2. The van der Waals surface area contributed by atoms with Gasteiger partial charge in [0.15, 0.2) is 4.90 Å². The van der Waals surface area contributed by atoms with E-state index in [1.807, 2.05) is 6.92 Å². The molecule has 0 aliphatic carbocycles. The van der Waals surface area contributed by atoms with Gasteiger partial charge in [-0.3, -0.25) is 14.3 Å². The van der Waals surface area contributed by atoms with Crippen LogP contribution >= 0.6 is 0 Å². The van der Waals surface area contributed by atoms with Crippen molar-refractivity contribution in [2.75, 3.05) is 29.3 Å². The third kappa shape index (κ3) is 5.50. The molecular weight excluding hydrogens is 450 g/mol. The number of anilines is 2. The first-order valence-corrected chi connectivity index (χ1v) is 12.2. The van der Waals surface area contributed by atoms with Gasteiger partial charge in [0.2, 0.25) is 0 Å². The van der Waals surface area contributed by atoms with Crippen molar-refractivity contribution in [2.45, 2.75) is 57.8 Å². The van der Waals surface area contributed by atoms with Gasteiger partial charge in [0.25, 0.3) is 15.9 Å². The van der Waals surface area contributed by atoms with Gasteiger partial charge in [0, 0.05) is 25.0 Å². The summed E-state index contributed by atoms with van der Waals surface area (Å²) in [5, 5.41) is 6.85. The van der Waals surface area contributed by atoms with E-state index in [2.05, 4.69) is 10.4 Å². The molecule has 0 fully saturated rings. The summed E-state index contributed by atoms with van der Waals surface area (Å²) in [5.41, 5.74) is 5.74. The van der Waals surface area contributed by atoms with Gasteiger partial charge in [0.05, 0.1) is 18.8 Å². The van der Waals surface area contributed by atoms with E-state index in [4.69, 9.17) is 19.9 Å². The number of hydrogen-bond acceptors (Lipinski definition) is 8. The number of sulfonamides is 1. The predicted molar refractivity (Wildman–Crippen MR) is 123 cm³/mol. The first kappa shape index (κ1) is 24.6. The first-order valence-electron chi connectivity index (χ1n) is 10.7. The van der Waals surface area contributed by atoms with Gasteiger partial charge in [-0.05, 0) is 52.8 Å². The number of carbonyl (C=O) groups excluding carboxylic acids is 1. The van der Waals surface area contributed by atoms with Crippen LogP contribution in [-0.4, -0.2) is 55.7 Å². The summed E-state index contributed by atoms with van der Waals surface area (Å²) in [6, 6.07) is 4.71. The Bertz CT molecular complexity index is 1110. The fraction of sp³-hybridized carbons (Fsp3) is 0.524. The number of carbonyl (C=O) groups is 1. The molecule has 12 heteroatoms. The number of nitrogens with two attached hydrogens (primary N) is 1. The molecule has 0 bridgehead atoms. The summed E-state index contributed by atoms with van der Waals surface area (Å²) in [4.78, 5) is 12.2. The molecular formula is C21H31N5O6S. The van der Waals surface area contributed by atoms with Gasteiger partial charge >= 0.3 is 6.09 Å². The zero-order valence-electron chi connectivity index (χ0n) is 19.5. The quantitative estimate of drug-likeness (QED) is 0.615. The Labute approximate surface area is 193 Å². The smallest absolute Gasteiger partial charge is 0.412 e. The van der Waals surface area contributed by atoms with Crippen molar-refractivity contribution in [3.63, 3.8) is 0 Å². The Morgan fingerprint density at radius 1 is 1.33 bits per heavy atom. The minimum atomic E-state index is -4.09. The van der Waals surface area contributed by atoms with Crippen LogP contribution in [0, 0.1) is 0 Å². The minimum Gasteiger partial charge on any atom is -0.485 e. The van der Waals surface area contributed by atoms with Crippen LogP contribution in [0.25, 0.3) is 0 Å². The molecule has 0 saturated heterocycles. The number of aromatic nitrogens is 2. The van der Waals surface area contributed by atoms with Crippen molar-refractivity contribution in [3.8, 4) is 11.6 Å². The number of aryl methyl sites for hydroxylation is 1. The zero-order valence-corrected chi connectivity index (χ0v) is 20.3. The highest BCUT2D eigenvalue weighted by molar-refractivity contribution is 7.93. The maximum Gasteiger partial charge on any atom is 0.412 e. The van der Waals surface area contributed by atoms with Gasteiger partial charge in [-0.15, -0.1) is 5.10 Å². The van der Waals surface area contributed by atoms with E-state index in [9.17, 15) is 13.2 Å². The van der Waals surface area contributed by atoms with Crippen LogP contribution in [0.3, 0.4) is 0 Å². The van der Waals surface area contributed by atoms with E-state index >= 15 is 0 Å². The highest BCUT2D eigenvalue weighted by atomic mass is 32.2. The lowest BCUT2D eigenvalue weighted by Crippen LogP contribution is -2.46. The first-order chi connectivity index (χ1) is 15.5. The van der Waals surface area contributed by atoms with Crippen molar-refractivity contribution in [3.05, 3.63) is 24.4 Å². The highest BCUT2D eigenvalue weighted by Crippen LogP contribution is 2.40. The van der Waals surface area contributed by atoms with E-state index in [0.29, 0.717) is 18.0 Å². The normalized spacial score (nSPS) is 16.1. The number of fused-ring (bicyclic) bond motifs is 1. The molecule has 33 heavy (non-hydrogen) atoms. The molecule has 3 rings (SSSR count). The van der Waals surface area contributed by atoms with Crippen molar-refractivity contribution in [2.24, 2.45) is 5.73 Å². The van der Waals surface area contributed by atoms with E-state index in [1.54, 1.807) is 39.8 Å². The molecule has 0 saturated carbocycles. The van der Waals surface area contributed by atoms with Gasteiger partial charge in [-0.2, -0.15) is 0 Å². The fourth-order valence-electron chi connectivity index (χ4n) is 3.24. The largest absolute Gasteiger partial charge is 0.485 e. The van der Waals surface area contributed by atoms with Crippen molar-refractivity contribution < 1.29 is 27.4 Å². The Balaban J connectivity index is 2.03. The molecule has 0 unspecified atom stereocenters. The summed E-state index contributed by atoms with van der Waals surface area (Å²) in [5.74, 6) is 0.357. The minimum absolute atomic E-state index is 0.00933. The predicted octanol–water partition coefficient (Wildman–Crippen LogP) is 2.56. The van der Waals surface area contributed by atoms with Crippen LogP contribution in [-0.2, 0) is 21.3 Å². The maximum atomic E-state index is 13.7. The second kappa shape index (κ2) is 9.48. The van der Waals surface area contributed by atoms with E-state index in [-0.39, 0.29) is 36.2 Å². The molecule has 182 valence electrons. The second-order valence-electron chi connectivity index (χ2n) is 8.41. The maximum absolute atomic E-state index is 13.7. The monoisotopic (exact) mass is 481 g/mol. The summed E-state index contributed by atoms with van der Waals surface area (Å²) in [7, 11) is -4.09. The van der Waals surface area contributed by atoms with E-state index in [1.165, 1.54) is 21.3 Å². The third-order valence-corrected chi connectivity index (χ3v) is 6.43. The van der Waals surface area contributed by atoms with Crippen LogP contribution < -0.4 is 24.8 Å². The van der Waals surface area contributed by atoms with Crippen LogP contribution in [0.4, 0.5) is 16.2 Å². The Morgan fingerprint density at radius 2 is 2.06 bits per heavy atom. The Kier molecular flexibility index (Phi) is 7.08. The molecule has 1 aliphatic rings. The van der Waals surface area contributed by atoms with Crippen LogP contribution in [0.15, 0.2) is 29.3 Å². The molecule has 1 amide bonds. The van der Waals surface area contributed by atoms with Crippen molar-refractivity contribution in [1.82, 2.24) is 9.78 Å². The SMILES string of the molecule is CCOc1nn(CC)cc1S(=O)(=O)N1C[C@H](CN)Oc2ccc(NC(=O)OC(C)(C)C)cc21. The average molecular weight is 482 g/mol. The van der Waals surface area contributed by atoms with Crippen LogP contribution in [0.2, 0.25) is 0 Å². The zero-order chi connectivity index (χ0) is 24.4. The number of ether oxygens (including phenoxy) is 3. The van der Waals surface area contributed by atoms with Crippen LogP contribution in [0.1, 0.15) is 34.6 Å². The molecule has 2 heterocycles. The van der Waals surface area contributed by atoms with Gasteiger partial charge in [-0.25, -0.2) is 13.2 Å². The topological polar surface area (TPSA) is 138 Å². The standard InChI is InChI=1S/C21H31N5O6S/c1-6-25-13-18(19(24-25)30-7-2)33(28,29)26-12-15(11-22)31-17-9-8-14(10-16(17)26)23-20(27)32-21(3,4)5/h8-10,13,15H,6-7,11-12,22H2,1-5H3,(H,23,27)/t15-/m0/s1. The van der Waals surface area contributed by atoms with Crippen LogP contribution in [0.5, 0.6) is 11.6 Å². The summed E-state index contributed by atoms with van der Waals surface area (Å²) in [6.45, 7) is 9.71. The summed E-state index contributed by atoms with van der Waals surface area (Å²) >= 11 is 0. The van der Waals surface area contributed by atoms with Crippen molar-refractivity contribution >= 4 is 27.5 Å². The van der Waals surface area contributed by atoms with Crippen molar-refractivity contribution in [1.29, 1.82) is 0 Å². The number of amides is 1. The van der Waals surface area contributed by atoms with Gasteiger partial charge in [0.1, 0.15) is 17.5 Å². The summed E-state index contributed by atoms with van der Waals surface area (Å²) < 4.78 is 46.8. The fourth-order valence-corrected chi connectivity index (χ4v) is 4.82. The number of nitrogens with one attached hydrogen (secondary N) is 1. The average Bonchev–Trinajstić information content (AvgIpc) is 3.15. The van der Waals surface area contributed by atoms with Gasteiger partial charge < -0.3 is 19.9 Å². The number of rotatable bonds is 7.